The highest BCUT2D eigenvalue weighted by molar-refractivity contribution is 6.33. The number of amides is 1. The van der Waals surface area contributed by atoms with Gasteiger partial charge in [0.15, 0.2) is 0 Å². The Labute approximate surface area is 125 Å². The Morgan fingerprint density at radius 3 is 3.10 bits per heavy atom. The van der Waals surface area contributed by atoms with Crippen LogP contribution in [0.5, 0.6) is 0 Å². The predicted molar refractivity (Wildman–Crippen MR) is 79.9 cm³/mol. The second kappa shape index (κ2) is 7.09. The fourth-order valence-corrected chi connectivity index (χ4v) is 2.93. The molecule has 0 radical (unpaired) electrons. The number of hydrogen-bond donors (Lipinski definition) is 2. The van der Waals surface area contributed by atoms with E-state index in [9.17, 15) is 4.79 Å². The third-order valence-electron chi connectivity index (χ3n) is 3.60. The number of nitrogens with zero attached hydrogens (tertiary/aromatic N) is 2. The van der Waals surface area contributed by atoms with E-state index in [1.165, 1.54) is 25.6 Å². The molecular weight excluding hydrogens is 276 g/mol. The zero-order valence-electron chi connectivity index (χ0n) is 12.2. The van der Waals surface area contributed by atoms with E-state index < -0.39 is 0 Å². The number of aromatic amines is 1. The van der Waals surface area contributed by atoms with Crippen LogP contribution in [0.3, 0.4) is 0 Å². The lowest BCUT2D eigenvalue weighted by Gasteiger charge is -2.33. The van der Waals surface area contributed by atoms with Gasteiger partial charge in [-0.25, -0.2) is 0 Å². The van der Waals surface area contributed by atoms with Crippen LogP contribution in [-0.2, 0) is 0 Å². The van der Waals surface area contributed by atoms with E-state index >= 15 is 0 Å². The molecule has 1 atom stereocenters. The van der Waals surface area contributed by atoms with Crippen molar-refractivity contribution >= 4 is 17.5 Å². The zero-order chi connectivity index (χ0) is 14.5. The molecule has 20 heavy (non-hydrogen) atoms. The summed E-state index contributed by atoms with van der Waals surface area (Å²) in [5.41, 5.74) is 0.349. The summed E-state index contributed by atoms with van der Waals surface area (Å²) < 4.78 is 0. The Bertz CT molecular complexity index is 446. The first-order valence-electron chi connectivity index (χ1n) is 7.25. The molecule has 1 aromatic heterocycles. The van der Waals surface area contributed by atoms with Crippen LogP contribution in [0, 0.1) is 11.8 Å². The van der Waals surface area contributed by atoms with Crippen LogP contribution in [0.25, 0.3) is 0 Å². The molecule has 1 fully saturated rings. The van der Waals surface area contributed by atoms with Crippen LogP contribution in [0.2, 0.25) is 5.02 Å². The van der Waals surface area contributed by atoms with E-state index in [2.05, 4.69) is 34.3 Å². The SMILES string of the molecule is CC(C)CN1CCCC(CNC(=O)c2[nH]ncc2Cl)C1. The molecule has 2 N–H and O–H groups in total. The number of carbonyl (C=O) groups is 1. The predicted octanol–water partition coefficient (Wildman–Crippen LogP) is 2.16. The highest BCUT2D eigenvalue weighted by Gasteiger charge is 2.21. The molecule has 2 heterocycles. The van der Waals surface area contributed by atoms with Crippen molar-refractivity contribution in [3.63, 3.8) is 0 Å². The maximum atomic E-state index is 11.9. The highest BCUT2D eigenvalue weighted by Crippen LogP contribution is 2.17. The normalized spacial score (nSPS) is 20.3. The summed E-state index contributed by atoms with van der Waals surface area (Å²) in [6.45, 7) is 8.56. The molecule has 0 aromatic carbocycles. The van der Waals surface area contributed by atoms with Crippen LogP contribution in [0.4, 0.5) is 0 Å². The molecule has 1 saturated heterocycles. The number of piperidine rings is 1. The van der Waals surface area contributed by atoms with Gasteiger partial charge in [0, 0.05) is 19.6 Å². The van der Waals surface area contributed by atoms with Gasteiger partial charge in [-0.15, -0.1) is 0 Å². The number of halogens is 1. The van der Waals surface area contributed by atoms with Crippen LogP contribution in [0.15, 0.2) is 6.20 Å². The summed E-state index contributed by atoms with van der Waals surface area (Å²) in [7, 11) is 0. The van der Waals surface area contributed by atoms with Gasteiger partial charge in [-0.05, 0) is 31.2 Å². The molecule has 0 bridgehead atoms. The fourth-order valence-electron chi connectivity index (χ4n) is 2.76. The highest BCUT2D eigenvalue weighted by atomic mass is 35.5. The number of nitrogens with one attached hydrogen (secondary N) is 2. The standard InChI is InChI=1S/C14H23ClN4O/c1-10(2)8-19-5-3-4-11(9-19)6-16-14(20)13-12(15)7-17-18-13/h7,10-11H,3-6,8-9H2,1-2H3,(H,16,20)(H,17,18). The van der Waals surface area contributed by atoms with Crippen molar-refractivity contribution in [2.24, 2.45) is 11.8 Å². The van der Waals surface area contributed by atoms with Crippen LogP contribution >= 0.6 is 11.6 Å². The number of likely N-dealkylation sites (tertiary alicyclic amines) is 1. The van der Waals surface area contributed by atoms with Gasteiger partial charge in [-0.3, -0.25) is 9.89 Å². The Hall–Kier alpha value is -1.07. The number of hydrogen-bond acceptors (Lipinski definition) is 3. The van der Waals surface area contributed by atoms with E-state index in [4.69, 9.17) is 11.6 Å². The van der Waals surface area contributed by atoms with Crippen LogP contribution in [0.1, 0.15) is 37.2 Å². The van der Waals surface area contributed by atoms with E-state index in [0.717, 1.165) is 13.1 Å². The van der Waals surface area contributed by atoms with Gasteiger partial charge in [0.1, 0.15) is 5.69 Å². The van der Waals surface area contributed by atoms with Gasteiger partial charge >= 0.3 is 0 Å². The van der Waals surface area contributed by atoms with Gasteiger partial charge < -0.3 is 10.2 Å². The first-order chi connectivity index (χ1) is 9.56. The summed E-state index contributed by atoms with van der Waals surface area (Å²) in [6, 6.07) is 0. The summed E-state index contributed by atoms with van der Waals surface area (Å²) in [4.78, 5) is 14.4. The Morgan fingerprint density at radius 1 is 1.65 bits per heavy atom. The molecule has 112 valence electrons. The largest absolute Gasteiger partial charge is 0.350 e. The van der Waals surface area contributed by atoms with Gasteiger partial charge in [-0.2, -0.15) is 5.10 Å². The molecular formula is C14H23ClN4O. The summed E-state index contributed by atoms with van der Waals surface area (Å²) >= 11 is 5.87. The monoisotopic (exact) mass is 298 g/mol. The van der Waals surface area contributed by atoms with Crippen molar-refractivity contribution in [1.82, 2.24) is 20.4 Å². The lowest BCUT2D eigenvalue weighted by molar-refractivity contribution is 0.0924. The van der Waals surface area contributed by atoms with E-state index in [0.29, 0.717) is 29.1 Å². The first-order valence-corrected chi connectivity index (χ1v) is 7.63. The van der Waals surface area contributed by atoms with Gasteiger partial charge in [-0.1, -0.05) is 25.4 Å². The van der Waals surface area contributed by atoms with Crippen LogP contribution < -0.4 is 5.32 Å². The van der Waals surface area contributed by atoms with Crippen molar-refractivity contribution in [3.8, 4) is 0 Å². The molecule has 1 aliphatic heterocycles. The average molecular weight is 299 g/mol. The molecule has 0 aliphatic carbocycles. The van der Waals surface area contributed by atoms with Crippen molar-refractivity contribution in [2.45, 2.75) is 26.7 Å². The molecule has 1 amide bonds. The maximum Gasteiger partial charge on any atom is 0.270 e. The fraction of sp³-hybridized carbons (Fsp3) is 0.714. The first kappa shape index (κ1) is 15.3. The third-order valence-corrected chi connectivity index (χ3v) is 3.88. The van der Waals surface area contributed by atoms with Crippen molar-refractivity contribution in [1.29, 1.82) is 0 Å². The molecule has 5 nitrogen and oxygen atoms in total. The van der Waals surface area contributed by atoms with E-state index in [1.807, 2.05) is 0 Å². The summed E-state index contributed by atoms with van der Waals surface area (Å²) in [6.07, 6.45) is 3.82. The second-order valence-corrected chi connectivity index (χ2v) is 6.37. The minimum absolute atomic E-state index is 0.173. The average Bonchev–Trinajstić information content (AvgIpc) is 2.82. The smallest absolute Gasteiger partial charge is 0.270 e. The van der Waals surface area contributed by atoms with Gasteiger partial charge in [0.2, 0.25) is 0 Å². The zero-order valence-corrected chi connectivity index (χ0v) is 12.9. The lowest BCUT2D eigenvalue weighted by atomic mass is 9.97. The molecule has 0 saturated carbocycles. The number of aromatic nitrogens is 2. The molecule has 1 unspecified atom stereocenters. The van der Waals surface area contributed by atoms with Crippen molar-refractivity contribution in [3.05, 3.63) is 16.9 Å². The van der Waals surface area contributed by atoms with Gasteiger partial charge in [0.25, 0.3) is 5.91 Å². The number of rotatable bonds is 5. The number of carbonyl (C=O) groups excluding carboxylic acids is 1. The summed E-state index contributed by atoms with van der Waals surface area (Å²) in [5.74, 6) is 1.04. The number of H-pyrrole nitrogens is 1. The van der Waals surface area contributed by atoms with Crippen molar-refractivity contribution < 1.29 is 4.79 Å². The van der Waals surface area contributed by atoms with Crippen LogP contribution in [-0.4, -0.2) is 47.2 Å². The summed E-state index contributed by atoms with van der Waals surface area (Å²) in [5, 5.41) is 9.70. The Morgan fingerprint density at radius 2 is 2.45 bits per heavy atom. The Balaban J connectivity index is 1.79. The van der Waals surface area contributed by atoms with E-state index in [-0.39, 0.29) is 5.91 Å². The second-order valence-electron chi connectivity index (χ2n) is 5.96. The topological polar surface area (TPSA) is 61.0 Å². The molecule has 6 heteroatoms. The van der Waals surface area contributed by atoms with Gasteiger partial charge in [0.05, 0.1) is 11.2 Å². The molecule has 2 rings (SSSR count). The minimum atomic E-state index is -0.173. The van der Waals surface area contributed by atoms with Crippen molar-refractivity contribution in [2.75, 3.05) is 26.2 Å². The molecule has 0 spiro atoms. The quantitative estimate of drug-likeness (QED) is 0.876. The lowest BCUT2D eigenvalue weighted by Crippen LogP contribution is -2.42. The third kappa shape index (κ3) is 4.21. The Kier molecular flexibility index (Phi) is 5.43. The van der Waals surface area contributed by atoms with E-state index in [1.54, 1.807) is 0 Å². The molecule has 1 aliphatic rings. The maximum absolute atomic E-state index is 11.9. The minimum Gasteiger partial charge on any atom is -0.350 e. The molecule has 1 aromatic rings.